The first-order chi connectivity index (χ1) is 9.11. The number of anilines is 1. The molecule has 1 fully saturated rings. The lowest BCUT2D eigenvalue weighted by molar-refractivity contribution is -0.0438. The van der Waals surface area contributed by atoms with Gasteiger partial charge in [-0.3, -0.25) is 4.57 Å². The number of aryl methyl sites for hydroxylation is 1. The molecule has 1 aliphatic heterocycles. The lowest BCUT2D eigenvalue weighted by Crippen LogP contribution is -2.24. The Morgan fingerprint density at radius 1 is 1.53 bits per heavy atom. The topological polar surface area (TPSA) is 119 Å². The third-order valence-electron chi connectivity index (χ3n) is 3.35. The van der Waals surface area contributed by atoms with Crippen LogP contribution in [-0.2, 0) is 4.74 Å². The Kier molecular flexibility index (Phi) is 2.85. The number of ether oxygens (including phenoxy) is 1. The van der Waals surface area contributed by atoms with Crippen molar-refractivity contribution in [3.8, 4) is 0 Å². The second-order valence-corrected chi connectivity index (χ2v) is 4.57. The van der Waals surface area contributed by atoms with Gasteiger partial charge in [0.1, 0.15) is 24.5 Å². The number of aliphatic hydroxyl groups is 2. The van der Waals surface area contributed by atoms with Crippen LogP contribution in [0.3, 0.4) is 0 Å². The summed E-state index contributed by atoms with van der Waals surface area (Å²) in [5.74, 6) is 0.988. The van der Waals surface area contributed by atoms with E-state index in [4.69, 9.17) is 15.6 Å². The second kappa shape index (κ2) is 4.41. The zero-order chi connectivity index (χ0) is 13.6. The fourth-order valence-electron chi connectivity index (χ4n) is 2.42. The summed E-state index contributed by atoms with van der Waals surface area (Å²) < 4.78 is 7.39. The molecule has 0 amide bonds. The van der Waals surface area contributed by atoms with Crippen LogP contribution in [0.5, 0.6) is 0 Å². The molecule has 8 nitrogen and oxygen atoms in total. The number of hydrogen-bond donors (Lipinski definition) is 3. The Labute approximate surface area is 108 Å². The molecule has 8 heteroatoms. The van der Waals surface area contributed by atoms with Crippen LogP contribution in [0, 0.1) is 6.92 Å². The van der Waals surface area contributed by atoms with Crippen LogP contribution in [0.2, 0.25) is 0 Å². The number of nitrogens with two attached hydrogens (primary N) is 1. The molecule has 2 aromatic rings. The minimum atomic E-state index is -0.703. The molecule has 0 saturated carbocycles. The first-order valence-electron chi connectivity index (χ1n) is 6.01. The van der Waals surface area contributed by atoms with Crippen LogP contribution < -0.4 is 5.73 Å². The van der Waals surface area contributed by atoms with E-state index >= 15 is 0 Å². The lowest BCUT2D eigenvalue weighted by atomic mass is 10.2. The number of fused-ring (bicyclic) bond motifs is 1. The Morgan fingerprint density at radius 3 is 3.00 bits per heavy atom. The summed E-state index contributed by atoms with van der Waals surface area (Å²) in [4.78, 5) is 12.4. The highest BCUT2D eigenvalue weighted by Gasteiger charge is 2.36. The van der Waals surface area contributed by atoms with Crippen molar-refractivity contribution >= 4 is 17.0 Å². The van der Waals surface area contributed by atoms with E-state index in [0.29, 0.717) is 29.2 Å². The molecule has 19 heavy (non-hydrogen) atoms. The van der Waals surface area contributed by atoms with E-state index < -0.39 is 18.4 Å². The van der Waals surface area contributed by atoms with E-state index in [-0.39, 0.29) is 6.61 Å². The molecule has 1 saturated heterocycles. The van der Waals surface area contributed by atoms with E-state index in [0.717, 1.165) is 0 Å². The number of aliphatic hydroxyl groups excluding tert-OH is 2. The van der Waals surface area contributed by atoms with Crippen LogP contribution >= 0.6 is 0 Å². The Bertz CT molecular complexity index is 614. The van der Waals surface area contributed by atoms with Crippen LogP contribution in [-0.4, -0.2) is 48.5 Å². The number of nitrogens with zero attached hydrogens (tertiary/aromatic N) is 4. The quantitative estimate of drug-likeness (QED) is 0.660. The molecule has 0 spiro atoms. The molecule has 3 heterocycles. The summed E-state index contributed by atoms with van der Waals surface area (Å²) in [6, 6.07) is 0. The largest absolute Gasteiger partial charge is 0.394 e. The molecule has 3 atom stereocenters. The predicted octanol–water partition coefficient (Wildman–Crippen LogP) is -0.642. The van der Waals surface area contributed by atoms with Crippen LogP contribution in [0.1, 0.15) is 18.5 Å². The van der Waals surface area contributed by atoms with E-state index in [9.17, 15) is 5.11 Å². The minimum Gasteiger partial charge on any atom is -0.394 e. The molecule has 0 aromatic carbocycles. The van der Waals surface area contributed by atoms with E-state index in [1.807, 2.05) is 6.92 Å². The number of rotatable bonds is 2. The number of nitrogen functional groups attached to an aromatic ring is 1. The summed E-state index contributed by atoms with van der Waals surface area (Å²) in [5.41, 5.74) is 6.85. The number of aromatic nitrogens is 4. The summed E-state index contributed by atoms with van der Waals surface area (Å²) in [6.45, 7) is 1.59. The van der Waals surface area contributed by atoms with Gasteiger partial charge < -0.3 is 20.7 Å². The van der Waals surface area contributed by atoms with Gasteiger partial charge in [0, 0.05) is 6.42 Å². The standard InChI is InChI=1S/C11H15N5O3/c1-5-15-9-10(12)13-4-14-11(9)16(5)8-2-6(18)7(3-17)19-8/h4,6-8,17-18H,2-3H2,1H3,(H2,12,13,14)/t6?,7-,8-/m1/s1. The summed E-state index contributed by atoms with van der Waals surface area (Å²) in [5, 5.41) is 18.9. The number of imidazole rings is 1. The van der Waals surface area contributed by atoms with Crippen molar-refractivity contribution in [1.29, 1.82) is 0 Å². The highest BCUT2D eigenvalue weighted by molar-refractivity contribution is 5.81. The van der Waals surface area contributed by atoms with Crippen molar-refractivity contribution in [3.63, 3.8) is 0 Å². The van der Waals surface area contributed by atoms with Gasteiger partial charge in [0.05, 0.1) is 12.7 Å². The summed E-state index contributed by atoms with van der Waals surface area (Å²) >= 11 is 0. The van der Waals surface area contributed by atoms with Crippen molar-refractivity contribution < 1.29 is 14.9 Å². The fourth-order valence-corrected chi connectivity index (χ4v) is 2.42. The molecule has 3 rings (SSSR count). The van der Waals surface area contributed by atoms with Gasteiger partial charge >= 0.3 is 0 Å². The molecule has 1 unspecified atom stereocenters. The maximum Gasteiger partial charge on any atom is 0.167 e. The highest BCUT2D eigenvalue weighted by atomic mass is 16.5. The van der Waals surface area contributed by atoms with Gasteiger partial charge in [0.2, 0.25) is 0 Å². The van der Waals surface area contributed by atoms with Crippen molar-refractivity contribution in [2.24, 2.45) is 0 Å². The normalized spacial score (nSPS) is 27.2. The van der Waals surface area contributed by atoms with Gasteiger partial charge in [0.15, 0.2) is 17.0 Å². The van der Waals surface area contributed by atoms with Crippen molar-refractivity contribution in [1.82, 2.24) is 19.5 Å². The van der Waals surface area contributed by atoms with Crippen LogP contribution in [0.15, 0.2) is 6.33 Å². The third-order valence-corrected chi connectivity index (χ3v) is 3.35. The van der Waals surface area contributed by atoms with Gasteiger partial charge in [-0.25, -0.2) is 15.0 Å². The molecule has 0 bridgehead atoms. The monoisotopic (exact) mass is 265 g/mol. The maximum atomic E-state index is 9.80. The zero-order valence-electron chi connectivity index (χ0n) is 10.4. The maximum absolute atomic E-state index is 9.80. The van der Waals surface area contributed by atoms with Crippen molar-refractivity contribution in [3.05, 3.63) is 12.2 Å². The van der Waals surface area contributed by atoms with Crippen LogP contribution in [0.4, 0.5) is 5.82 Å². The van der Waals surface area contributed by atoms with Gasteiger partial charge in [-0.1, -0.05) is 0 Å². The Balaban J connectivity index is 2.06. The van der Waals surface area contributed by atoms with Gasteiger partial charge in [-0.2, -0.15) is 0 Å². The molecule has 0 radical (unpaired) electrons. The zero-order valence-corrected chi connectivity index (χ0v) is 10.4. The molecule has 4 N–H and O–H groups in total. The molecule has 102 valence electrons. The molecular weight excluding hydrogens is 250 g/mol. The molecule has 0 aliphatic carbocycles. The van der Waals surface area contributed by atoms with E-state index in [2.05, 4.69) is 15.0 Å². The Hall–Kier alpha value is -1.77. The smallest absolute Gasteiger partial charge is 0.167 e. The van der Waals surface area contributed by atoms with Crippen LogP contribution in [0.25, 0.3) is 11.2 Å². The van der Waals surface area contributed by atoms with Gasteiger partial charge in [-0.15, -0.1) is 0 Å². The highest BCUT2D eigenvalue weighted by Crippen LogP contribution is 2.32. The van der Waals surface area contributed by atoms with E-state index in [1.54, 1.807) is 4.57 Å². The average molecular weight is 265 g/mol. The first-order valence-corrected chi connectivity index (χ1v) is 6.01. The molecular formula is C11H15N5O3. The van der Waals surface area contributed by atoms with Gasteiger partial charge in [0.25, 0.3) is 0 Å². The summed E-state index contributed by atoms with van der Waals surface area (Å²) in [6.07, 6.45) is 0.0459. The number of hydrogen-bond acceptors (Lipinski definition) is 7. The molecule has 1 aliphatic rings. The lowest BCUT2D eigenvalue weighted by Gasteiger charge is -2.15. The van der Waals surface area contributed by atoms with Gasteiger partial charge in [-0.05, 0) is 6.92 Å². The first kappa shape index (κ1) is 12.3. The SMILES string of the molecule is Cc1nc2c(N)ncnc2n1[C@H]1CC(O)[C@@H](CO)O1. The minimum absolute atomic E-state index is 0.222. The van der Waals surface area contributed by atoms with Crippen molar-refractivity contribution in [2.45, 2.75) is 31.8 Å². The van der Waals surface area contributed by atoms with Crippen molar-refractivity contribution in [2.75, 3.05) is 12.3 Å². The third kappa shape index (κ3) is 1.84. The fraction of sp³-hybridized carbons (Fsp3) is 0.545. The van der Waals surface area contributed by atoms with E-state index in [1.165, 1.54) is 6.33 Å². The summed E-state index contributed by atoms with van der Waals surface area (Å²) in [7, 11) is 0. The second-order valence-electron chi connectivity index (χ2n) is 4.57. The average Bonchev–Trinajstić information content (AvgIpc) is 2.90. The Morgan fingerprint density at radius 2 is 2.32 bits per heavy atom. The predicted molar refractivity (Wildman–Crippen MR) is 66.1 cm³/mol. The molecule has 2 aromatic heterocycles.